The molecule has 2 rings (SSSR count). The highest BCUT2D eigenvalue weighted by Gasteiger charge is 2.36. The fraction of sp³-hybridized carbons (Fsp3) is 0.714. The van der Waals surface area contributed by atoms with E-state index in [1.54, 1.807) is 0 Å². The Hall–Kier alpha value is -0.760. The van der Waals surface area contributed by atoms with Crippen molar-refractivity contribution in [3.05, 3.63) is 5.01 Å². The van der Waals surface area contributed by atoms with Crippen LogP contribution >= 0.6 is 11.3 Å². The van der Waals surface area contributed by atoms with Crippen LogP contribution in [0.25, 0.3) is 0 Å². The molecule has 0 aliphatic carbocycles. The van der Waals surface area contributed by atoms with Crippen LogP contribution in [-0.2, 0) is 6.54 Å². The molecule has 2 heterocycles. The van der Waals surface area contributed by atoms with Crippen LogP contribution in [-0.4, -0.2) is 38.9 Å². The Balaban J connectivity index is 1.87. The zero-order valence-electron chi connectivity index (χ0n) is 7.90. The average Bonchev–Trinajstić information content (AvgIpc) is 2.49. The maximum absolute atomic E-state index is 9.51. The number of β-amino-alcohol motifs (C(OH)–C–C–N with tert-alkyl or cyclic N) is 1. The van der Waals surface area contributed by atoms with Gasteiger partial charge in [-0.25, -0.2) is 5.84 Å². The quantitative estimate of drug-likeness (QED) is 0.460. The van der Waals surface area contributed by atoms with E-state index in [0.717, 1.165) is 11.6 Å². The van der Waals surface area contributed by atoms with Crippen LogP contribution in [0.15, 0.2) is 0 Å². The van der Waals surface area contributed by atoms with E-state index in [9.17, 15) is 5.11 Å². The molecule has 7 heteroatoms. The van der Waals surface area contributed by atoms with E-state index in [0.29, 0.717) is 18.2 Å². The summed E-state index contributed by atoms with van der Waals surface area (Å²) < 4.78 is 0. The Kier molecular flexibility index (Phi) is 2.40. The summed E-state index contributed by atoms with van der Waals surface area (Å²) in [6, 6.07) is 0. The zero-order valence-corrected chi connectivity index (χ0v) is 8.71. The van der Waals surface area contributed by atoms with Gasteiger partial charge in [0.15, 0.2) is 0 Å². The van der Waals surface area contributed by atoms with Gasteiger partial charge in [0.05, 0.1) is 12.1 Å². The molecule has 0 bridgehead atoms. The van der Waals surface area contributed by atoms with Crippen molar-refractivity contribution in [1.82, 2.24) is 15.1 Å². The molecule has 0 amide bonds. The third-order valence-electron chi connectivity index (χ3n) is 2.08. The van der Waals surface area contributed by atoms with Crippen LogP contribution < -0.4 is 11.3 Å². The third-order valence-corrected chi connectivity index (χ3v) is 2.92. The molecule has 6 nitrogen and oxygen atoms in total. The van der Waals surface area contributed by atoms with E-state index in [-0.39, 0.29) is 0 Å². The van der Waals surface area contributed by atoms with Crippen LogP contribution in [0.1, 0.15) is 11.9 Å². The molecule has 0 unspecified atom stereocenters. The van der Waals surface area contributed by atoms with Crippen molar-refractivity contribution in [2.24, 2.45) is 5.84 Å². The summed E-state index contributed by atoms with van der Waals surface area (Å²) in [5.74, 6) is 5.19. The van der Waals surface area contributed by atoms with Crippen LogP contribution in [0.4, 0.5) is 5.13 Å². The molecule has 78 valence electrons. The molecule has 1 saturated heterocycles. The number of aromatic nitrogens is 2. The first-order chi connectivity index (χ1) is 6.59. The molecular weight excluding hydrogens is 202 g/mol. The summed E-state index contributed by atoms with van der Waals surface area (Å²) in [5, 5.41) is 18.8. The number of aliphatic hydroxyl groups is 1. The van der Waals surface area contributed by atoms with Crippen LogP contribution in [0.5, 0.6) is 0 Å². The molecule has 1 aromatic heterocycles. The van der Waals surface area contributed by atoms with E-state index in [4.69, 9.17) is 5.84 Å². The molecule has 14 heavy (non-hydrogen) atoms. The maximum atomic E-state index is 9.51. The van der Waals surface area contributed by atoms with Gasteiger partial charge in [-0.2, -0.15) is 0 Å². The Morgan fingerprint density at radius 3 is 2.86 bits per heavy atom. The monoisotopic (exact) mass is 215 g/mol. The Morgan fingerprint density at radius 2 is 2.36 bits per heavy atom. The summed E-state index contributed by atoms with van der Waals surface area (Å²) in [6.07, 6.45) is 0. The van der Waals surface area contributed by atoms with E-state index in [1.165, 1.54) is 11.3 Å². The van der Waals surface area contributed by atoms with Gasteiger partial charge in [0.2, 0.25) is 5.13 Å². The van der Waals surface area contributed by atoms with E-state index in [1.807, 2.05) is 6.92 Å². The number of anilines is 1. The summed E-state index contributed by atoms with van der Waals surface area (Å²) in [6.45, 7) is 3.95. The number of rotatable bonds is 3. The SMILES string of the molecule is CC1(O)CN(Cc2nnc(NN)s2)C1. The predicted molar refractivity (Wildman–Crippen MR) is 53.6 cm³/mol. The number of hydrazine groups is 1. The molecule has 0 radical (unpaired) electrons. The van der Waals surface area contributed by atoms with Crippen LogP contribution in [0.2, 0.25) is 0 Å². The minimum atomic E-state index is -0.528. The number of hydrogen-bond donors (Lipinski definition) is 3. The third kappa shape index (κ3) is 2.01. The van der Waals surface area contributed by atoms with Crippen molar-refractivity contribution in [3.8, 4) is 0 Å². The highest BCUT2D eigenvalue weighted by molar-refractivity contribution is 7.15. The highest BCUT2D eigenvalue weighted by Crippen LogP contribution is 2.23. The number of hydrogen-bond acceptors (Lipinski definition) is 7. The number of nitrogens with two attached hydrogens (primary N) is 1. The number of nitrogens with zero attached hydrogens (tertiary/aromatic N) is 3. The largest absolute Gasteiger partial charge is 0.388 e. The smallest absolute Gasteiger partial charge is 0.219 e. The van der Waals surface area contributed by atoms with Gasteiger partial charge in [0.1, 0.15) is 5.01 Å². The normalized spacial score (nSPS) is 20.5. The van der Waals surface area contributed by atoms with E-state index < -0.39 is 5.60 Å². The van der Waals surface area contributed by atoms with Gasteiger partial charge in [0, 0.05) is 13.1 Å². The van der Waals surface area contributed by atoms with E-state index in [2.05, 4.69) is 20.5 Å². The van der Waals surface area contributed by atoms with Gasteiger partial charge in [-0.15, -0.1) is 10.2 Å². The Bertz CT molecular complexity index is 318. The molecule has 1 aromatic rings. The molecule has 0 saturated carbocycles. The van der Waals surface area contributed by atoms with Crippen LogP contribution in [0, 0.1) is 0 Å². The van der Waals surface area contributed by atoms with Crippen LogP contribution in [0.3, 0.4) is 0 Å². The molecule has 0 aromatic carbocycles. The minimum absolute atomic E-state index is 0.528. The van der Waals surface area contributed by atoms with Gasteiger partial charge in [-0.3, -0.25) is 10.3 Å². The lowest BCUT2D eigenvalue weighted by Crippen LogP contribution is -2.59. The minimum Gasteiger partial charge on any atom is -0.388 e. The molecule has 1 fully saturated rings. The Labute approximate surface area is 85.7 Å². The van der Waals surface area contributed by atoms with Crippen molar-refractivity contribution in [1.29, 1.82) is 0 Å². The second kappa shape index (κ2) is 3.43. The zero-order chi connectivity index (χ0) is 10.2. The molecular formula is C7H13N5OS. The first-order valence-corrected chi connectivity index (χ1v) is 5.14. The van der Waals surface area contributed by atoms with Gasteiger partial charge in [-0.05, 0) is 6.92 Å². The second-order valence-corrected chi connectivity index (χ2v) is 4.85. The second-order valence-electron chi connectivity index (χ2n) is 3.79. The average molecular weight is 215 g/mol. The lowest BCUT2D eigenvalue weighted by atomic mass is 9.97. The van der Waals surface area contributed by atoms with Gasteiger partial charge < -0.3 is 5.11 Å². The molecule has 1 aliphatic rings. The highest BCUT2D eigenvalue weighted by atomic mass is 32.1. The van der Waals surface area contributed by atoms with Crippen molar-refractivity contribution in [3.63, 3.8) is 0 Å². The first kappa shape index (κ1) is 9.78. The molecule has 4 N–H and O–H groups in total. The maximum Gasteiger partial charge on any atom is 0.219 e. The standard InChI is InChI=1S/C7H13N5OS/c1-7(13)3-12(4-7)2-5-10-11-6(9-8)14-5/h13H,2-4,8H2,1H3,(H,9,11). The van der Waals surface area contributed by atoms with Crippen molar-refractivity contribution in [2.45, 2.75) is 19.1 Å². The Morgan fingerprint density at radius 1 is 1.64 bits per heavy atom. The van der Waals surface area contributed by atoms with Crippen molar-refractivity contribution in [2.75, 3.05) is 18.5 Å². The summed E-state index contributed by atoms with van der Waals surface area (Å²) in [5.41, 5.74) is 1.92. The lowest BCUT2D eigenvalue weighted by Gasteiger charge is -2.43. The number of nitrogens with one attached hydrogen (secondary N) is 1. The summed E-state index contributed by atoms with van der Waals surface area (Å²) in [4.78, 5) is 2.11. The lowest BCUT2D eigenvalue weighted by molar-refractivity contribution is -0.0871. The van der Waals surface area contributed by atoms with Crippen molar-refractivity contribution < 1.29 is 5.11 Å². The van der Waals surface area contributed by atoms with E-state index >= 15 is 0 Å². The van der Waals surface area contributed by atoms with Gasteiger partial charge in [-0.1, -0.05) is 11.3 Å². The number of nitrogen functional groups attached to an aromatic ring is 1. The fourth-order valence-corrected chi connectivity index (χ4v) is 2.29. The van der Waals surface area contributed by atoms with Gasteiger partial charge in [0.25, 0.3) is 0 Å². The topological polar surface area (TPSA) is 87.3 Å². The van der Waals surface area contributed by atoms with Gasteiger partial charge >= 0.3 is 0 Å². The first-order valence-electron chi connectivity index (χ1n) is 4.33. The van der Waals surface area contributed by atoms with Crippen molar-refractivity contribution >= 4 is 16.5 Å². The number of likely N-dealkylation sites (tertiary alicyclic amines) is 1. The summed E-state index contributed by atoms with van der Waals surface area (Å²) in [7, 11) is 0. The predicted octanol–water partition coefficient (Wildman–Crippen LogP) is -0.610. The summed E-state index contributed by atoms with van der Waals surface area (Å²) >= 11 is 1.43. The molecule has 1 aliphatic heterocycles. The molecule has 0 atom stereocenters. The molecule has 0 spiro atoms. The fourth-order valence-electron chi connectivity index (χ4n) is 1.60.